The molecule has 0 aliphatic heterocycles. The number of carbonyl (C=O) groups is 2. The molecule has 2 amide bonds. The fourth-order valence-corrected chi connectivity index (χ4v) is 3.92. The first-order valence-corrected chi connectivity index (χ1v) is 11.9. The zero-order chi connectivity index (χ0) is 26.4. The van der Waals surface area contributed by atoms with Crippen molar-refractivity contribution in [3.05, 3.63) is 77.6 Å². The molecule has 4 aromatic rings. The maximum absolute atomic E-state index is 12.7. The summed E-state index contributed by atoms with van der Waals surface area (Å²) in [6, 6.07) is 14.3. The van der Waals surface area contributed by atoms with Crippen molar-refractivity contribution in [1.82, 2.24) is 25.1 Å². The van der Waals surface area contributed by atoms with Gasteiger partial charge in [0.05, 0.1) is 18.4 Å². The van der Waals surface area contributed by atoms with Crippen molar-refractivity contribution in [2.45, 2.75) is 17.6 Å². The molecule has 0 fully saturated rings. The fourth-order valence-electron chi connectivity index (χ4n) is 3.26. The monoisotopic (exact) mass is 530 g/mol. The van der Waals surface area contributed by atoms with Crippen LogP contribution in [0.1, 0.15) is 21.7 Å². The Kier molecular flexibility index (Phi) is 7.92. The number of carbonyl (C=O) groups excluding carboxylic acids is 2. The highest BCUT2D eigenvalue weighted by Crippen LogP contribution is 2.29. The van der Waals surface area contributed by atoms with E-state index < -0.39 is 17.6 Å². The lowest BCUT2D eigenvalue weighted by Gasteiger charge is -2.09. The van der Waals surface area contributed by atoms with E-state index >= 15 is 0 Å². The Bertz CT molecular complexity index is 1390. The number of nitrogens with one attached hydrogen (secondary N) is 2. The maximum Gasteiger partial charge on any atom is 0.416 e. The number of benzene rings is 2. The van der Waals surface area contributed by atoms with Gasteiger partial charge in [-0.25, -0.2) is 0 Å². The summed E-state index contributed by atoms with van der Waals surface area (Å²) in [6.07, 6.45) is -4.07. The predicted octanol–water partition coefficient (Wildman–Crippen LogP) is 3.86. The van der Waals surface area contributed by atoms with Gasteiger partial charge in [0.1, 0.15) is 10.8 Å². The summed E-state index contributed by atoms with van der Waals surface area (Å²) < 4.78 is 44.6. The second-order valence-electron chi connectivity index (χ2n) is 7.70. The molecule has 9 nitrogen and oxygen atoms in total. The van der Waals surface area contributed by atoms with Crippen LogP contribution in [0.25, 0.3) is 5.65 Å². The Morgan fingerprint density at radius 3 is 2.41 bits per heavy atom. The van der Waals surface area contributed by atoms with E-state index in [0.717, 1.165) is 23.9 Å². The molecule has 2 N–H and O–H groups in total. The van der Waals surface area contributed by atoms with Crippen LogP contribution < -0.4 is 15.4 Å². The third-order valence-electron chi connectivity index (χ3n) is 5.14. The molecule has 0 bridgehead atoms. The van der Waals surface area contributed by atoms with Crippen LogP contribution in [0.15, 0.2) is 65.7 Å². The number of methoxy groups -OCH3 is 1. The van der Waals surface area contributed by atoms with Gasteiger partial charge in [0.15, 0.2) is 11.5 Å². The van der Waals surface area contributed by atoms with E-state index in [9.17, 15) is 22.8 Å². The second kappa shape index (κ2) is 11.3. The molecule has 192 valence electrons. The predicted molar refractivity (Wildman–Crippen MR) is 131 cm³/mol. The highest BCUT2D eigenvalue weighted by Gasteiger charge is 2.30. The molecule has 37 heavy (non-hydrogen) atoms. The molecule has 0 unspecified atom stereocenters. The summed E-state index contributed by atoms with van der Waals surface area (Å²) in [5.74, 6) is 0.552. The van der Waals surface area contributed by atoms with Crippen molar-refractivity contribution >= 4 is 34.9 Å². The largest absolute Gasteiger partial charge is 0.497 e. The molecular formula is C24H21F3N6O3S. The van der Waals surface area contributed by atoms with E-state index in [1.807, 2.05) is 0 Å². The topological polar surface area (TPSA) is 111 Å². The number of alkyl halides is 3. The van der Waals surface area contributed by atoms with Gasteiger partial charge in [0.2, 0.25) is 5.91 Å². The molecule has 13 heteroatoms. The van der Waals surface area contributed by atoms with E-state index in [1.165, 1.54) is 16.6 Å². The van der Waals surface area contributed by atoms with Gasteiger partial charge < -0.3 is 15.4 Å². The Morgan fingerprint density at radius 1 is 1.00 bits per heavy atom. The first-order chi connectivity index (χ1) is 17.7. The number of fused-ring (bicyclic) bond motifs is 1. The number of anilines is 1. The third kappa shape index (κ3) is 6.76. The zero-order valence-corrected chi connectivity index (χ0v) is 20.3. The van der Waals surface area contributed by atoms with Crippen LogP contribution in [0.5, 0.6) is 5.75 Å². The van der Waals surface area contributed by atoms with Crippen molar-refractivity contribution in [2.24, 2.45) is 0 Å². The molecule has 0 atom stereocenters. The first kappa shape index (κ1) is 25.9. The lowest BCUT2D eigenvalue weighted by Crippen LogP contribution is -2.26. The Morgan fingerprint density at radius 2 is 1.73 bits per heavy atom. The van der Waals surface area contributed by atoms with Crippen LogP contribution in [0.3, 0.4) is 0 Å². The van der Waals surface area contributed by atoms with E-state index in [-0.39, 0.29) is 17.3 Å². The molecule has 2 heterocycles. The zero-order valence-electron chi connectivity index (χ0n) is 19.5. The van der Waals surface area contributed by atoms with E-state index in [1.54, 1.807) is 43.5 Å². The molecule has 0 saturated carbocycles. The van der Waals surface area contributed by atoms with Crippen molar-refractivity contribution in [2.75, 3.05) is 24.7 Å². The summed E-state index contributed by atoms with van der Waals surface area (Å²) in [6.45, 7) is 0.306. The van der Waals surface area contributed by atoms with Crippen LogP contribution in [-0.4, -0.2) is 51.0 Å². The lowest BCUT2D eigenvalue weighted by molar-refractivity contribution is -0.137. The number of thioether (sulfide) groups is 1. The van der Waals surface area contributed by atoms with E-state index in [2.05, 4.69) is 25.9 Å². The average molecular weight is 531 g/mol. The quantitative estimate of drug-likeness (QED) is 0.316. The Labute approximate surface area is 213 Å². The van der Waals surface area contributed by atoms with Crippen LogP contribution >= 0.6 is 11.8 Å². The van der Waals surface area contributed by atoms with Crippen LogP contribution in [0.4, 0.5) is 18.9 Å². The normalized spacial score (nSPS) is 11.4. The molecule has 0 aliphatic carbocycles. The van der Waals surface area contributed by atoms with Crippen LogP contribution in [0.2, 0.25) is 0 Å². The number of aromatic nitrogens is 4. The van der Waals surface area contributed by atoms with Crippen molar-refractivity contribution in [3.63, 3.8) is 0 Å². The standard InChI is InChI=1S/C24H21F3N6O3S/c1-36-18-8-2-15(3-9-18)23(35)28-13-12-20-31-30-19-10-11-22(32-33(19)20)37-14-21(34)29-17-6-4-16(5-7-17)24(25,26)27/h2-11H,12-14H2,1H3,(H,28,35)(H,29,34). The molecule has 0 aliphatic rings. The minimum Gasteiger partial charge on any atom is -0.497 e. The van der Waals surface area contributed by atoms with E-state index in [4.69, 9.17) is 4.74 Å². The van der Waals surface area contributed by atoms with Crippen LogP contribution in [-0.2, 0) is 17.4 Å². The summed E-state index contributed by atoms with van der Waals surface area (Å²) in [4.78, 5) is 24.6. The SMILES string of the molecule is COc1ccc(C(=O)NCCc2nnc3ccc(SCC(=O)Nc4ccc(C(F)(F)F)cc4)nn23)cc1. The van der Waals surface area contributed by atoms with Crippen molar-refractivity contribution in [3.8, 4) is 5.75 Å². The summed E-state index contributed by atoms with van der Waals surface area (Å²) in [7, 11) is 1.55. The Balaban J connectivity index is 1.30. The van der Waals surface area contributed by atoms with E-state index in [0.29, 0.717) is 40.8 Å². The number of hydrogen-bond acceptors (Lipinski definition) is 7. The number of rotatable bonds is 9. The van der Waals surface area contributed by atoms with Gasteiger partial charge in [0.25, 0.3) is 5.91 Å². The second-order valence-corrected chi connectivity index (χ2v) is 8.70. The van der Waals surface area contributed by atoms with Crippen molar-refractivity contribution in [1.29, 1.82) is 0 Å². The smallest absolute Gasteiger partial charge is 0.416 e. The maximum atomic E-state index is 12.7. The average Bonchev–Trinajstić information content (AvgIpc) is 3.29. The minimum absolute atomic E-state index is 0.00505. The summed E-state index contributed by atoms with van der Waals surface area (Å²) >= 11 is 1.15. The number of nitrogens with zero attached hydrogens (tertiary/aromatic N) is 4. The van der Waals surface area contributed by atoms with Gasteiger partial charge in [-0.05, 0) is 60.7 Å². The number of ether oxygens (including phenoxy) is 1. The summed E-state index contributed by atoms with van der Waals surface area (Å²) in [5.41, 5.74) is 0.482. The summed E-state index contributed by atoms with van der Waals surface area (Å²) in [5, 5.41) is 18.5. The highest BCUT2D eigenvalue weighted by atomic mass is 32.2. The molecule has 2 aromatic heterocycles. The van der Waals surface area contributed by atoms with Gasteiger partial charge in [-0.1, -0.05) is 11.8 Å². The molecular weight excluding hydrogens is 509 g/mol. The Hall–Kier alpha value is -4.13. The third-order valence-corrected chi connectivity index (χ3v) is 6.06. The molecule has 2 aromatic carbocycles. The molecule has 0 saturated heterocycles. The van der Waals surface area contributed by atoms with Gasteiger partial charge in [-0.15, -0.1) is 10.2 Å². The van der Waals surface area contributed by atoms with Gasteiger partial charge in [-0.2, -0.15) is 22.8 Å². The lowest BCUT2D eigenvalue weighted by atomic mass is 10.2. The fraction of sp³-hybridized carbons (Fsp3) is 0.208. The van der Waals surface area contributed by atoms with Crippen molar-refractivity contribution < 1.29 is 27.5 Å². The van der Waals surface area contributed by atoms with Gasteiger partial charge in [-0.3, -0.25) is 9.59 Å². The molecule has 4 rings (SSSR count). The molecule has 0 spiro atoms. The number of hydrogen-bond donors (Lipinski definition) is 2. The number of halogens is 3. The first-order valence-electron chi connectivity index (χ1n) is 11.0. The minimum atomic E-state index is -4.44. The van der Waals surface area contributed by atoms with Gasteiger partial charge in [0, 0.05) is 24.2 Å². The number of amides is 2. The van der Waals surface area contributed by atoms with Gasteiger partial charge >= 0.3 is 6.18 Å². The van der Waals surface area contributed by atoms with Crippen LogP contribution in [0, 0.1) is 0 Å². The molecule has 0 radical (unpaired) electrons. The highest BCUT2D eigenvalue weighted by molar-refractivity contribution is 7.99.